The van der Waals surface area contributed by atoms with Crippen LogP contribution in [0.4, 0.5) is 4.79 Å². The monoisotopic (exact) mass is 147 g/mol. The van der Waals surface area contributed by atoms with E-state index in [9.17, 15) is 9.00 Å². The van der Waals surface area contributed by atoms with Crippen LogP contribution in [0.5, 0.6) is 0 Å². The Balaban J connectivity index is 2.86. The van der Waals surface area contributed by atoms with Gasteiger partial charge in [-0.25, -0.2) is 4.21 Å². The zero-order valence-electron chi connectivity index (χ0n) is 5.67. The number of carbonyl (C=O) groups is 1. The molecule has 9 heavy (non-hydrogen) atoms. The Hall–Kier alpha value is -0.380. The molecule has 0 N–H and O–H groups in total. The van der Waals surface area contributed by atoms with Crippen molar-refractivity contribution in [3.8, 4) is 0 Å². The van der Waals surface area contributed by atoms with E-state index in [1.165, 1.54) is 4.90 Å². The van der Waals surface area contributed by atoms with E-state index in [1.807, 2.05) is 0 Å². The van der Waals surface area contributed by atoms with Gasteiger partial charge in [0, 0.05) is 7.05 Å². The molecule has 3 nitrogen and oxygen atoms in total. The van der Waals surface area contributed by atoms with Crippen LogP contribution < -0.4 is 0 Å². The van der Waals surface area contributed by atoms with Gasteiger partial charge in [0.25, 0.3) is 0 Å². The minimum Gasteiger partial charge on any atom is -0.317 e. The van der Waals surface area contributed by atoms with E-state index in [0.29, 0.717) is 0 Å². The highest BCUT2D eigenvalue weighted by atomic mass is 32.2. The van der Waals surface area contributed by atoms with E-state index in [4.69, 9.17) is 0 Å². The fourth-order valence-electron chi connectivity index (χ4n) is 0.643. The van der Waals surface area contributed by atoms with Crippen molar-refractivity contribution in [2.75, 3.05) is 7.05 Å². The molecule has 0 aromatic rings. The SMILES string of the molecule is CN1C(=O)S(=O)C1(C)C. The lowest BCUT2D eigenvalue weighted by atomic mass is 10.3. The van der Waals surface area contributed by atoms with Gasteiger partial charge >= 0.3 is 5.24 Å². The lowest BCUT2D eigenvalue weighted by Crippen LogP contribution is -2.61. The zero-order valence-corrected chi connectivity index (χ0v) is 6.49. The predicted octanol–water partition coefficient (Wildman–Crippen LogP) is 0.537. The first kappa shape index (κ1) is 6.74. The highest BCUT2D eigenvalue weighted by molar-refractivity contribution is 8.03. The molecule has 0 bridgehead atoms. The molecule has 1 atom stereocenters. The standard InChI is InChI=1S/C5H9NO2S/c1-5(2)6(3)4(7)9(5)8/h1-3H3. The number of hydrogen-bond donors (Lipinski definition) is 0. The van der Waals surface area contributed by atoms with Crippen LogP contribution in [0.15, 0.2) is 0 Å². The van der Waals surface area contributed by atoms with Crippen LogP contribution in [0, 0.1) is 0 Å². The average molecular weight is 147 g/mol. The predicted molar refractivity (Wildman–Crippen MR) is 35.4 cm³/mol. The number of nitrogens with zero attached hydrogens (tertiary/aromatic N) is 1. The van der Waals surface area contributed by atoms with Gasteiger partial charge in [0.1, 0.15) is 15.7 Å². The molecule has 1 saturated heterocycles. The van der Waals surface area contributed by atoms with Crippen LogP contribution in [0.3, 0.4) is 0 Å². The topological polar surface area (TPSA) is 37.4 Å². The smallest absolute Gasteiger partial charge is 0.315 e. The van der Waals surface area contributed by atoms with E-state index < -0.39 is 15.7 Å². The molecule has 0 saturated carbocycles. The summed E-state index contributed by atoms with van der Waals surface area (Å²) in [6.45, 7) is 3.56. The molecule has 1 rings (SSSR count). The Kier molecular flexibility index (Phi) is 1.17. The van der Waals surface area contributed by atoms with Gasteiger partial charge in [0.05, 0.1) is 0 Å². The van der Waals surface area contributed by atoms with Crippen LogP contribution in [0.1, 0.15) is 13.8 Å². The maximum Gasteiger partial charge on any atom is 0.315 e. The van der Waals surface area contributed by atoms with Crippen molar-refractivity contribution < 1.29 is 9.00 Å². The normalized spacial score (nSPS) is 32.1. The molecule has 1 aliphatic rings. The third-order valence-corrected chi connectivity index (χ3v) is 3.47. The molecular weight excluding hydrogens is 138 g/mol. The van der Waals surface area contributed by atoms with Gasteiger partial charge < -0.3 is 4.90 Å². The summed E-state index contributed by atoms with van der Waals surface area (Å²) in [6.07, 6.45) is 0. The molecule has 1 aliphatic heterocycles. The highest BCUT2D eigenvalue weighted by Gasteiger charge is 2.49. The first-order chi connectivity index (χ1) is 3.98. The van der Waals surface area contributed by atoms with Crippen molar-refractivity contribution in [2.45, 2.75) is 18.7 Å². The van der Waals surface area contributed by atoms with Gasteiger partial charge in [-0.05, 0) is 13.8 Å². The van der Waals surface area contributed by atoms with Crippen LogP contribution in [-0.4, -0.2) is 26.3 Å². The minimum absolute atomic E-state index is 0.264. The maximum absolute atomic E-state index is 10.8. The second kappa shape index (κ2) is 1.56. The summed E-state index contributed by atoms with van der Waals surface area (Å²) in [7, 11) is 0.366. The lowest BCUT2D eigenvalue weighted by Gasteiger charge is -2.42. The van der Waals surface area contributed by atoms with Crippen molar-refractivity contribution in [3.63, 3.8) is 0 Å². The van der Waals surface area contributed by atoms with Crippen LogP contribution in [-0.2, 0) is 10.8 Å². The Labute approximate surface area is 56.5 Å². The van der Waals surface area contributed by atoms with Gasteiger partial charge in [-0.1, -0.05) is 0 Å². The van der Waals surface area contributed by atoms with Crippen molar-refractivity contribution in [3.05, 3.63) is 0 Å². The number of rotatable bonds is 0. The van der Waals surface area contributed by atoms with Crippen LogP contribution in [0.2, 0.25) is 0 Å². The Morgan fingerprint density at radius 3 is 2.11 bits per heavy atom. The van der Waals surface area contributed by atoms with E-state index in [1.54, 1.807) is 20.9 Å². The fraction of sp³-hybridized carbons (Fsp3) is 0.800. The molecule has 1 unspecified atom stereocenters. The van der Waals surface area contributed by atoms with E-state index >= 15 is 0 Å². The minimum atomic E-state index is -1.29. The van der Waals surface area contributed by atoms with Crippen molar-refractivity contribution in [1.29, 1.82) is 0 Å². The Bertz CT molecular complexity index is 187. The molecule has 1 fully saturated rings. The quantitative estimate of drug-likeness (QED) is 0.501. The summed E-state index contributed by atoms with van der Waals surface area (Å²) in [5.41, 5.74) is 0. The van der Waals surface area contributed by atoms with E-state index in [0.717, 1.165) is 0 Å². The summed E-state index contributed by atoms with van der Waals surface area (Å²) in [5.74, 6) is 0. The average Bonchev–Trinajstić information content (AvgIpc) is 1.84. The molecule has 0 aromatic heterocycles. The molecule has 0 spiro atoms. The molecule has 0 aliphatic carbocycles. The van der Waals surface area contributed by atoms with Crippen molar-refractivity contribution in [1.82, 2.24) is 4.90 Å². The van der Waals surface area contributed by atoms with Gasteiger partial charge in [-0.2, -0.15) is 0 Å². The molecule has 52 valence electrons. The molecule has 0 radical (unpaired) electrons. The molecule has 0 aromatic carbocycles. The number of carbonyl (C=O) groups excluding carboxylic acids is 1. The Morgan fingerprint density at radius 1 is 1.56 bits per heavy atom. The highest BCUT2D eigenvalue weighted by Crippen LogP contribution is 2.29. The largest absolute Gasteiger partial charge is 0.317 e. The zero-order chi connectivity index (χ0) is 7.23. The van der Waals surface area contributed by atoms with Crippen molar-refractivity contribution >= 4 is 16.0 Å². The summed E-state index contributed by atoms with van der Waals surface area (Å²) in [6, 6.07) is 0. The van der Waals surface area contributed by atoms with Crippen molar-refractivity contribution in [2.24, 2.45) is 0 Å². The molecule has 1 amide bonds. The number of amides is 1. The third kappa shape index (κ3) is 0.625. The van der Waals surface area contributed by atoms with Crippen LogP contribution in [0.25, 0.3) is 0 Å². The van der Waals surface area contributed by atoms with E-state index in [2.05, 4.69) is 0 Å². The van der Waals surface area contributed by atoms with Crippen LogP contribution >= 0.6 is 0 Å². The summed E-state index contributed by atoms with van der Waals surface area (Å²) >= 11 is 0. The van der Waals surface area contributed by atoms with Gasteiger partial charge in [-0.15, -0.1) is 0 Å². The fourth-order valence-corrected chi connectivity index (χ4v) is 1.75. The summed E-state index contributed by atoms with van der Waals surface area (Å²) < 4.78 is 10.8. The van der Waals surface area contributed by atoms with Gasteiger partial charge in [0.15, 0.2) is 0 Å². The first-order valence-electron chi connectivity index (χ1n) is 2.67. The lowest BCUT2D eigenvalue weighted by molar-refractivity contribution is 0.195. The molecular formula is C5H9NO2S. The van der Waals surface area contributed by atoms with Gasteiger partial charge in [-0.3, -0.25) is 4.79 Å². The Morgan fingerprint density at radius 2 is 2.00 bits per heavy atom. The van der Waals surface area contributed by atoms with E-state index in [-0.39, 0.29) is 5.24 Å². The molecule has 1 heterocycles. The summed E-state index contributed by atoms with van der Waals surface area (Å²) in [5, 5.41) is -0.264. The third-order valence-electron chi connectivity index (χ3n) is 1.69. The first-order valence-corrected chi connectivity index (χ1v) is 3.82. The molecule has 4 heteroatoms. The maximum atomic E-state index is 10.8. The summed E-state index contributed by atoms with van der Waals surface area (Å²) in [4.78, 5) is 11.7. The second-order valence-electron chi connectivity index (χ2n) is 2.54. The number of hydrogen-bond acceptors (Lipinski definition) is 2. The second-order valence-corrected chi connectivity index (χ2v) is 4.43. The van der Waals surface area contributed by atoms with Gasteiger partial charge in [0.2, 0.25) is 0 Å².